The van der Waals surface area contributed by atoms with Gasteiger partial charge >= 0.3 is 0 Å². The topological polar surface area (TPSA) is 107 Å². The Labute approximate surface area is 188 Å². The summed E-state index contributed by atoms with van der Waals surface area (Å²) in [4.78, 5) is 26.3. The zero-order valence-corrected chi connectivity index (χ0v) is 18.4. The molecule has 2 aliphatic rings. The smallest absolute Gasteiger partial charge is 0.256 e. The quantitative estimate of drug-likeness (QED) is 0.548. The molecule has 1 fully saturated rings. The van der Waals surface area contributed by atoms with Crippen LogP contribution in [0.5, 0.6) is 11.5 Å². The molecule has 32 heavy (non-hydrogen) atoms. The molecule has 3 aromatic rings. The maximum Gasteiger partial charge on any atom is 0.256 e. The maximum absolute atomic E-state index is 13.0. The normalized spacial score (nSPS) is 19.8. The first-order valence-corrected chi connectivity index (χ1v) is 11.3. The van der Waals surface area contributed by atoms with Gasteiger partial charge in [0.25, 0.3) is 5.91 Å². The van der Waals surface area contributed by atoms with E-state index in [1.807, 2.05) is 23.6 Å². The first-order chi connectivity index (χ1) is 15.5. The highest BCUT2D eigenvalue weighted by atomic mass is 32.1. The Bertz CT molecular complexity index is 1160. The summed E-state index contributed by atoms with van der Waals surface area (Å²) in [5.74, 6) is 1.51. The van der Waals surface area contributed by atoms with Gasteiger partial charge in [0.15, 0.2) is 17.8 Å². The standard InChI is InChI=1S/C22H23N5O4S/c1-12(2)14-10-20(28)25-22(23-14)27-19(9-15(26-27)18-4-3-7-32-18)24-21(29)13-5-6-16-17(8-13)31-11-30-16/h3-9,12,14,22-23H,10-11H2,1-2H3,(H,24,29)(H,25,28). The maximum atomic E-state index is 13.0. The number of benzene rings is 1. The molecule has 2 aromatic heterocycles. The number of amides is 2. The molecule has 0 bridgehead atoms. The van der Waals surface area contributed by atoms with E-state index in [4.69, 9.17) is 14.6 Å². The van der Waals surface area contributed by atoms with Crippen LogP contribution in [-0.4, -0.2) is 34.4 Å². The summed E-state index contributed by atoms with van der Waals surface area (Å²) in [7, 11) is 0. The number of hydrogen-bond acceptors (Lipinski definition) is 7. The van der Waals surface area contributed by atoms with Gasteiger partial charge in [-0.25, -0.2) is 4.68 Å². The summed E-state index contributed by atoms with van der Waals surface area (Å²) in [6.45, 7) is 4.27. The second-order valence-electron chi connectivity index (χ2n) is 8.05. The van der Waals surface area contributed by atoms with Crippen molar-refractivity contribution in [2.75, 3.05) is 12.1 Å². The van der Waals surface area contributed by atoms with Gasteiger partial charge in [-0.3, -0.25) is 14.9 Å². The van der Waals surface area contributed by atoms with E-state index < -0.39 is 6.29 Å². The number of nitrogens with one attached hydrogen (secondary N) is 3. The molecule has 10 heteroatoms. The van der Waals surface area contributed by atoms with E-state index in [9.17, 15) is 9.59 Å². The Kier molecular flexibility index (Phi) is 5.32. The first-order valence-electron chi connectivity index (χ1n) is 10.4. The number of nitrogens with zero attached hydrogens (tertiary/aromatic N) is 2. The molecule has 0 spiro atoms. The summed E-state index contributed by atoms with van der Waals surface area (Å²) in [5, 5.41) is 16.0. The number of thiophene rings is 1. The Morgan fingerprint density at radius 1 is 1.25 bits per heavy atom. The molecule has 0 aliphatic carbocycles. The minimum atomic E-state index is -0.579. The van der Waals surface area contributed by atoms with Crippen molar-refractivity contribution in [1.29, 1.82) is 0 Å². The number of carbonyl (C=O) groups is 2. The fraction of sp³-hybridized carbons (Fsp3) is 0.318. The van der Waals surface area contributed by atoms with Gasteiger partial charge < -0.3 is 20.1 Å². The predicted molar refractivity (Wildman–Crippen MR) is 120 cm³/mol. The lowest BCUT2D eigenvalue weighted by atomic mass is 9.99. The number of anilines is 1. The van der Waals surface area contributed by atoms with Gasteiger partial charge in [-0.1, -0.05) is 19.9 Å². The zero-order valence-electron chi connectivity index (χ0n) is 17.6. The third kappa shape index (κ3) is 3.94. The monoisotopic (exact) mass is 453 g/mol. The van der Waals surface area contributed by atoms with Crippen LogP contribution in [-0.2, 0) is 4.79 Å². The molecule has 1 saturated heterocycles. The molecule has 5 rings (SSSR count). The van der Waals surface area contributed by atoms with E-state index in [2.05, 4.69) is 29.8 Å². The van der Waals surface area contributed by atoms with Gasteiger partial charge in [0.1, 0.15) is 11.5 Å². The van der Waals surface area contributed by atoms with Crippen LogP contribution < -0.4 is 25.4 Å². The Morgan fingerprint density at radius 2 is 2.09 bits per heavy atom. The van der Waals surface area contributed by atoms with Crippen LogP contribution >= 0.6 is 11.3 Å². The zero-order chi connectivity index (χ0) is 22.2. The van der Waals surface area contributed by atoms with E-state index in [1.54, 1.807) is 34.2 Å². The summed E-state index contributed by atoms with van der Waals surface area (Å²) < 4.78 is 12.3. The molecule has 2 amide bonds. The lowest BCUT2D eigenvalue weighted by Crippen LogP contribution is -2.55. The number of carbonyl (C=O) groups excluding carboxylic acids is 2. The van der Waals surface area contributed by atoms with E-state index in [1.165, 1.54) is 0 Å². The van der Waals surface area contributed by atoms with Crippen molar-refractivity contribution in [3.63, 3.8) is 0 Å². The minimum Gasteiger partial charge on any atom is -0.454 e. The van der Waals surface area contributed by atoms with Gasteiger partial charge in [-0.05, 0) is 35.6 Å². The third-order valence-electron chi connectivity index (χ3n) is 5.51. The van der Waals surface area contributed by atoms with Gasteiger partial charge in [0.05, 0.1) is 4.88 Å². The number of hydrogen-bond donors (Lipinski definition) is 3. The highest BCUT2D eigenvalue weighted by Gasteiger charge is 2.31. The number of ether oxygens (including phenoxy) is 2. The van der Waals surface area contributed by atoms with E-state index in [0.29, 0.717) is 35.0 Å². The second-order valence-corrected chi connectivity index (χ2v) is 9.00. The molecule has 1 aromatic carbocycles. The molecule has 2 aliphatic heterocycles. The molecule has 9 nitrogen and oxygen atoms in total. The Morgan fingerprint density at radius 3 is 2.88 bits per heavy atom. The lowest BCUT2D eigenvalue weighted by molar-refractivity contribution is -0.126. The molecular weight excluding hydrogens is 430 g/mol. The highest BCUT2D eigenvalue weighted by molar-refractivity contribution is 7.13. The van der Waals surface area contributed by atoms with Crippen molar-refractivity contribution in [1.82, 2.24) is 20.4 Å². The van der Waals surface area contributed by atoms with Crippen LogP contribution in [0, 0.1) is 5.92 Å². The average molecular weight is 454 g/mol. The molecule has 3 N–H and O–H groups in total. The van der Waals surface area contributed by atoms with Crippen molar-refractivity contribution in [2.24, 2.45) is 5.92 Å². The van der Waals surface area contributed by atoms with Gasteiger partial charge in [0, 0.05) is 24.1 Å². The Hall–Kier alpha value is -3.37. The minimum absolute atomic E-state index is 0.000508. The van der Waals surface area contributed by atoms with Crippen molar-refractivity contribution < 1.29 is 19.1 Å². The fourth-order valence-electron chi connectivity index (χ4n) is 3.73. The summed E-state index contributed by atoms with van der Waals surface area (Å²) >= 11 is 1.55. The summed E-state index contributed by atoms with van der Waals surface area (Å²) in [5.41, 5.74) is 1.14. The van der Waals surface area contributed by atoms with Crippen molar-refractivity contribution in [3.05, 3.63) is 47.3 Å². The van der Waals surface area contributed by atoms with E-state index >= 15 is 0 Å². The fourth-order valence-corrected chi connectivity index (χ4v) is 4.41. The van der Waals surface area contributed by atoms with Crippen molar-refractivity contribution >= 4 is 29.0 Å². The number of fused-ring (bicyclic) bond motifs is 1. The molecule has 0 saturated carbocycles. The van der Waals surface area contributed by atoms with Crippen LogP contribution in [0.15, 0.2) is 41.8 Å². The summed E-state index contributed by atoms with van der Waals surface area (Å²) in [6.07, 6.45) is -0.184. The van der Waals surface area contributed by atoms with Crippen LogP contribution in [0.4, 0.5) is 5.82 Å². The predicted octanol–water partition coefficient (Wildman–Crippen LogP) is 3.18. The highest BCUT2D eigenvalue weighted by Crippen LogP contribution is 2.33. The van der Waals surface area contributed by atoms with Crippen LogP contribution in [0.1, 0.15) is 36.9 Å². The largest absolute Gasteiger partial charge is 0.454 e. The molecular formula is C22H23N5O4S. The molecule has 4 heterocycles. The SMILES string of the molecule is CC(C)C1CC(=O)NC(n2nc(-c3cccs3)cc2NC(=O)c2ccc3c(c2)OCO3)N1. The van der Waals surface area contributed by atoms with Gasteiger partial charge in [0.2, 0.25) is 12.7 Å². The van der Waals surface area contributed by atoms with E-state index in [0.717, 1.165) is 4.88 Å². The Balaban J connectivity index is 1.47. The summed E-state index contributed by atoms with van der Waals surface area (Å²) in [6, 6.07) is 10.8. The molecule has 0 radical (unpaired) electrons. The lowest BCUT2D eigenvalue weighted by Gasteiger charge is -2.34. The number of rotatable bonds is 5. The second kappa shape index (κ2) is 8.29. The van der Waals surface area contributed by atoms with Crippen LogP contribution in [0.2, 0.25) is 0 Å². The molecule has 2 unspecified atom stereocenters. The van der Waals surface area contributed by atoms with Crippen LogP contribution in [0.3, 0.4) is 0 Å². The molecule has 166 valence electrons. The number of aromatic nitrogens is 2. The van der Waals surface area contributed by atoms with E-state index in [-0.39, 0.29) is 30.6 Å². The van der Waals surface area contributed by atoms with Gasteiger partial charge in [-0.2, -0.15) is 5.10 Å². The third-order valence-corrected chi connectivity index (χ3v) is 6.40. The van der Waals surface area contributed by atoms with Crippen LogP contribution in [0.25, 0.3) is 10.6 Å². The average Bonchev–Trinajstić information content (AvgIpc) is 3.52. The van der Waals surface area contributed by atoms with Crippen molar-refractivity contribution in [2.45, 2.75) is 32.6 Å². The molecule has 2 atom stereocenters. The van der Waals surface area contributed by atoms with Gasteiger partial charge in [-0.15, -0.1) is 11.3 Å². The van der Waals surface area contributed by atoms with Crippen molar-refractivity contribution in [3.8, 4) is 22.1 Å². The first kappa shape index (κ1) is 20.5.